The van der Waals surface area contributed by atoms with Gasteiger partial charge in [-0.3, -0.25) is 0 Å². The average Bonchev–Trinajstić information content (AvgIpc) is 2.14. The highest BCUT2D eigenvalue weighted by atomic mass is 19.1. The number of hydrogen-bond donors (Lipinski definition) is 2. The molecule has 3 N–H and O–H groups in total. The Morgan fingerprint density at radius 1 is 1.57 bits per heavy atom. The lowest BCUT2D eigenvalue weighted by Crippen LogP contribution is -2.11. The Bertz CT molecular complexity index is 302. The topological polar surface area (TPSA) is 55.5 Å². The Morgan fingerprint density at radius 3 is 2.86 bits per heavy atom. The highest BCUT2D eigenvalue weighted by Crippen LogP contribution is 2.26. The van der Waals surface area contributed by atoms with Crippen LogP contribution in [-0.4, -0.2) is 18.3 Å². The molecule has 0 aliphatic rings. The largest absolute Gasteiger partial charge is 0.491 e. The SMILES string of the molecule is CC(N)c1c(F)cccc1OCCO. The summed E-state index contributed by atoms with van der Waals surface area (Å²) in [4.78, 5) is 0. The first-order valence-electron chi connectivity index (χ1n) is 4.44. The van der Waals surface area contributed by atoms with Gasteiger partial charge >= 0.3 is 0 Å². The van der Waals surface area contributed by atoms with Crippen molar-refractivity contribution < 1.29 is 14.2 Å². The van der Waals surface area contributed by atoms with Gasteiger partial charge in [0, 0.05) is 11.6 Å². The molecule has 0 saturated heterocycles. The number of rotatable bonds is 4. The van der Waals surface area contributed by atoms with Crippen molar-refractivity contribution in [1.82, 2.24) is 0 Å². The van der Waals surface area contributed by atoms with E-state index in [9.17, 15) is 4.39 Å². The summed E-state index contributed by atoms with van der Waals surface area (Å²) in [7, 11) is 0. The molecule has 0 heterocycles. The van der Waals surface area contributed by atoms with Crippen molar-refractivity contribution in [3.63, 3.8) is 0 Å². The molecule has 3 nitrogen and oxygen atoms in total. The first-order chi connectivity index (χ1) is 6.66. The van der Waals surface area contributed by atoms with Crippen LogP contribution >= 0.6 is 0 Å². The normalized spacial score (nSPS) is 12.6. The molecule has 1 aromatic rings. The van der Waals surface area contributed by atoms with E-state index < -0.39 is 6.04 Å². The summed E-state index contributed by atoms with van der Waals surface area (Å²) in [6, 6.07) is 4.10. The first-order valence-corrected chi connectivity index (χ1v) is 4.44. The van der Waals surface area contributed by atoms with E-state index in [0.717, 1.165) is 0 Å². The number of benzene rings is 1. The minimum atomic E-state index is -0.426. The molecule has 0 fully saturated rings. The van der Waals surface area contributed by atoms with Gasteiger partial charge in [0.05, 0.1) is 6.61 Å². The summed E-state index contributed by atoms with van der Waals surface area (Å²) in [6.45, 7) is 1.72. The molecule has 1 atom stereocenters. The predicted octanol–water partition coefficient (Wildman–Crippen LogP) is 1.22. The minimum Gasteiger partial charge on any atom is -0.491 e. The molecule has 4 heteroatoms. The van der Waals surface area contributed by atoms with Crippen LogP contribution in [0.5, 0.6) is 5.75 Å². The van der Waals surface area contributed by atoms with E-state index in [1.165, 1.54) is 6.07 Å². The molecule has 0 radical (unpaired) electrons. The summed E-state index contributed by atoms with van der Waals surface area (Å²) in [6.07, 6.45) is 0. The van der Waals surface area contributed by atoms with E-state index >= 15 is 0 Å². The van der Waals surface area contributed by atoms with Crippen LogP contribution in [0, 0.1) is 5.82 Å². The molecule has 1 aromatic carbocycles. The van der Waals surface area contributed by atoms with Crippen LogP contribution in [0.25, 0.3) is 0 Å². The first kappa shape index (κ1) is 10.9. The van der Waals surface area contributed by atoms with Crippen molar-refractivity contribution in [3.05, 3.63) is 29.6 Å². The summed E-state index contributed by atoms with van der Waals surface area (Å²) >= 11 is 0. The maximum atomic E-state index is 13.3. The van der Waals surface area contributed by atoms with Gasteiger partial charge in [0.25, 0.3) is 0 Å². The average molecular weight is 199 g/mol. The second-order valence-electron chi connectivity index (χ2n) is 3.01. The molecule has 0 spiro atoms. The monoisotopic (exact) mass is 199 g/mol. The highest BCUT2D eigenvalue weighted by molar-refractivity contribution is 5.36. The van der Waals surface area contributed by atoms with Gasteiger partial charge in [-0.1, -0.05) is 6.07 Å². The van der Waals surface area contributed by atoms with Crippen molar-refractivity contribution in [2.45, 2.75) is 13.0 Å². The molecule has 1 rings (SSSR count). The molecule has 0 amide bonds. The maximum absolute atomic E-state index is 13.3. The zero-order valence-corrected chi connectivity index (χ0v) is 8.03. The lowest BCUT2D eigenvalue weighted by molar-refractivity contribution is 0.199. The third kappa shape index (κ3) is 2.43. The predicted molar refractivity (Wildman–Crippen MR) is 51.6 cm³/mol. The Hall–Kier alpha value is -1.13. The molecule has 14 heavy (non-hydrogen) atoms. The van der Waals surface area contributed by atoms with Gasteiger partial charge in [-0.25, -0.2) is 4.39 Å². The molecule has 0 aliphatic heterocycles. The second kappa shape index (κ2) is 4.93. The Morgan fingerprint density at radius 2 is 2.29 bits per heavy atom. The molecule has 0 saturated carbocycles. The van der Waals surface area contributed by atoms with Crippen LogP contribution in [0.3, 0.4) is 0 Å². The Kier molecular flexibility index (Phi) is 3.85. The second-order valence-corrected chi connectivity index (χ2v) is 3.01. The summed E-state index contributed by atoms with van der Waals surface area (Å²) in [5.41, 5.74) is 5.95. The van der Waals surface area contributed by atoms with Crippen LogP contribution < -0.4 is 10.5 Å². The molecule has 1 unspecified atom stereocenters. The van der Waals surface area contributed by atoms with Crippen molar-refractivity contribution >= 4 is 0 Å². The zero-order chi connectivity index (χ0) is 10.6. The standard InChI is InChI=1S/C10H14FNO2/c1-7(12)10-8(11)3-2-4-9(10)14-6-5-13/h2-4,7,13H,5-6,12H2,1H3. The van der Waals surface area contributed by atoms with Gasteiger partial charge in [-0.15, -0.1) is 0 Å². The fourth-order valence-corrected chi connectivity index (χ4v) is 1.24. The van der Waals surface area contributed by atoms with Crippen molar-refractivity contribution in [2.75, 3.05) is 13.2 Å². The van der Waals surface area contributed by atoms with E-state index in [1.807, 2.05) is 0 Å². The lowest BCUT2D eigenvalue weighted by atomic mass is 10.1. The van der Waals surface area contributed by atoms with E-state index in [-0.39, 0.29) is 19.0 Å². The van der Waals surface area contributed by atoms with Gasteiger partial charge in [-0.05, 0) is 19.1 Å². The molecule has 0 bridgehead atoms. The summed E-state index contributed by atoms with van der Waals surface area (Å²) in [5, 5.41) is 8.58. The van der Waals surface area contributed by atoms with Gasteiger partial charge in [0.2, 0.25) is 0 Å². The lowest BCUT2D eigenvalue weighted by Gasteiger charge is -2.13. The Labute approximate surface area is 82.3 Å². The number of ether oxygens (including phenoxy) is 1. The molecular weight excluding hydrogens is 185 g/mol. The van der Waals surface area contributed by atoms with Crippen molar-refractivity contribution in [3.8, 4) is 5.75 Å². The van der Waals surface area contributed by atoms with Gasteiger partial charge in [0.1, 0.15) is 18.2 Å². The van der Waals surface area contributed by atoms with Crippen LogP contribution in [0.4, 0.5) is 4.39 Å². The fourth-order valence-electron chi connectivity index (χ4n) is 1.24. The quantitative estimate of drug-likeness (QED) is 0.766. The van der Waals surface area contributed by atoms with Crippen LogP contribution in [0.15, 0.2) is 18.2 Å². The minimum absolute atomic E-state index is 0.102. The number of aliphatic hydroxyl groups excluding tert-OH is 1. The number of halogens is 1. The smallest absolute Gasteiger partial charge is 0.131 e. The van der Waals surface area contributed by atoms with Crippen molar-refractivity contribution in [1.29, 1.82) is 0 Å². The van der Waals surface area contributed by atoms with E-state index in [4.69, 9.17) is 15.6 Å². The number of aliphatic hydroxyl groups is 1. The summed E-state index contributed by atoms with van der Waals surface area (Å²) < 4.78 is 18.5. The van der Waals surface area contributed by atoms with E-state index in [2.05, 4.69) is 0 Å². The van der Waals surface area contributed by atoms with Gasteiger partial charge in [0.15, 0.2) is 0 Å². The molecule has 0 aliphatic carbocycles. The third-order valence-corrected chi connectivity index (χ3v) is 1.82. The number of nitrogens with two attached hydrogens (primary N) is 1. The number of hydrogen-bond acceptors (Lipinski definition) is 3. The summed E-state index contributed by atoms with van der Waals surface area (Å²) in [5.74, 6) is 0.0180. The maximum Gasteiger partial charge on any atom is 0.131 e. The van der Waals surface area contributed by atoms with Crippen LogP contribution in [0.1, 0.15) is 18.5 Å². The zero-order valence-electron chi connectivity index (χ0n) is 8.03. The molecule has 78 valence electrons. The molecule has 0 aromatic heterocycles. The van der Waals surface area contributed by atoms with Crippen molar-refractivity contribution in [2.24, 2.45) is 5.73 Å². The third-order valence-electron chi connectivity index (χ3n) is 1.82. The van der Waals surface area contributed by atoms with E-state index in [1.54, 1.807) is 19.1 Å². The molecular formula is C10H14FNO2. The van der Waals surface area contributed by atoms with Gasteiger partial charge in [-0.2, -0.15) is 0 Å². The Balaban J connectivity index is 2.96. The van der Waals surface area contributed by atoms with Gasteiger partial charge < -0.3 is 15.6 Å². The van der Waals surface area contributed by atoms with Crippen LogP contribution in [-0.2, 0) is 0 Å². The van der Waals surface area contributed by atoms with Crippen LogP contribution in [0.2, 0.25) is 0 Å². The highest BCUT2D eigenvalue weighted by Gasteiger charge is 2.12. The van der Waals surface area contributed by atoms with E-state index in [0.29, 0.717) is 11.3 Å². The fraction of sp³-hybridized carbons (Fsp3) is 0.400.